The maximum Gasteiger partial charge on any atom is 0.347 e. The van der Waals surface area contributed by atoms with Crippen molar-refractivity contribution in [1.82, 2.24) is 10.1 Å². The quantitative estimate of drug-likeness (QED) is 0.376. The van der Waals surface area contributed by atoms with Gasteiger partial charge in [0.05, 0.1) is 0 Å². The molecule has 1 aromatic heterocycles. The van der Waals surface area contributed by atoms with E-state index in [-0.39, 0.29) is 18.4 Å². The van der Waals surface area contributed by atoms with Gasteiger partial charge in [0, 0.05) is 0 Å². The molecule has 6 nitrogen and oxygen atoms in total. The molecule has 6 heteroatoms. The standard InChI is InChI=1S/C4H5N3O3/c1-5-4-6-3(2-9-8)7-10-4/h8H,1-2H2. The number of nitrogens with zero attached hydrogens (tertiary/aromatic N) is 3. The monoisotopic (exact) mass is 143 g/mol. The first-order valence-electron chi connectivity index (χ1n) is 2.42. The van der Waals surface area contributed by atoms with Crippen LogP contribution in [-0.2, 0) is 11.5 Å². The van der Waals surface area contributed by atoms with Gasteiger partial charge >= 0.3 is 6.01 Å². The summed E-state index contributed by atoms with van der Waals surface area (Å²) < 4.78 is 4.48. The van der Waals surface area contributed by atoms with E-state index in [0.717, 1.165) is 0 Å². The number of aliphatic imine (C=N–C) groups is 1. The van der Waals surface area contributed by atoms with Gasteiger partial charge in [0.2, 0.25) is 5.82 Å². The summed E-state index contributed by atoms with van der Waals surface area (Å²) in [5.74, 6) is 0.227. The van der Waals surface area contributed by atoms with Crippen molar-refractivity contribution in [3.8, 4) is 0 Å². The Balaban J connectivity index is 2.68. The highest BCUT2D eigenvalue weighted by atomic mass is 17.1. The van der Waals surface area contributed by atoms with Crippen molar-refractivity contribution >= 4 is 12.7 Å². The highest BCUT2D eigenvalue weighted by molar-refractivity contribution is 5.32. The Morgan fingerprint density at radius 1 is 1.80 bits per heavy atom. The molecule has 0 amide bonds. The minimum Gasteiger partial charge on any atom is -0.313 e. The summed E-state index contributed by atoms with van der Waals surface area (Å²) in [6.07, 6.45) is 0. The van der Waals surface area contributed by atoms with Crippen molar-refractivity contribution in [2.75, 3.05) is 0 Å². The fourth-order valence-corrected chi connectivity index (χ4v) is 0.425. The lowest BCUT2D eigenvalue weighted by Crippen LogP contribution is -1.88. The highest BCUT2D eigenvalue weighted by Crippen LogP contribution is 2.05. The molecule has 0 spiro atoms. The molecule has 1 rings (SSSR count). The second-order valence-electron chi connectivity index (χ2n) is 1.42. The van der Waals surface area contributed by atoms with E-state index in [1.54, 1.807) is 0 Å². The smallest absolute Gasteiger partial charge is 0.313 e. The van der Waals surface area contributed by atoms with Crippen LogP contribution in [0.3, 0.4) is 0 Å². The number of rotatable bonds is 3. The lowest BCUT2D eigenvalue weighted by Gasteiger charge is -1.82. The third-order valence-electron chi connectivity index (χ3n) is 0.786. The van der Waals surface area contributed by atoms with Crippen LogP contribution in [0, 0.1) is 0 Å². The van der Waals surface area contributed by atoms with E-state index in [9.17, 15) is 0 Å². The summed E-state index contributed by atoms with van der Waals surface area (Å²) in [5, 5.41) is 11.3. The van der Waals surface area contributed by atoms with E-state index in [1.165, 1.54) is 0 Å². The third-order valence-corrected chi connectivity index (χ3v) is 0.786. The molecule has 0 unspecified atom stereocenters. The fourth-order valence-electron chi connectivity index (χ4n) is 0.425. The van der Waals surface area contributed by atoms with Gasteiger partial charge in [-0.1, -0.05) is 5.16 Å². The van der Waals surface area contributed by atoms with Gasteiger partial charge in [-0.05, 0) is 6.72 Å². The van der Waals surface area contributed by atoms with Crippen molar-refractivity contribution in [1.29, 1.82) is 0 Å². The van der Waals surface area contributed by atoms with E-state index >= 15 is 0 Å². The van der Waals surface area contributed by atoms with Crippen molar-refractivity contribution in [2.24, 2.45) is 4.99 Å². The number of hydrogen-bond donors (Lipinski definition) is 1. The van der Waals surface area contributed by atoms with Gasteiger partial charge in [0.25, 0.3) is 0 Å². The van der Waals surface area contributed by atoms with Crippen molar-refractivity contribution in [2.45, 2.75) is 6.61 Å². The largest absolute Gasteiger partial charge is 0.347 e. The summed E-state index contributed by atoms with van der Waals surface area (Å²) in [6, 6.07) is 0.0621. The molecule has 1 aromatic rings. The zero-order chi connectivity index (χ0) is 7.40. The maximum atomic E-state index is 7.93. The molecule has 0 saturated carbocycles. The van der Waals surface area contributed by atoms with Gasteiger partial charge < -0.3 is 4.52 Å². The Morgan fingerprint density at radius 3 is 3.10 bits per heavy atom. The molecule has 0 radical (unpaired) electrons. The minimum atomic E-state index is -0.112. The van der Waals surface area contributed by atoms with Gasteiger partial charge in [0.15, 0.2) is 0 Å². The molecule has 54 valence electrons. The van der Waals surface area contributed by atoms with Gasteiger partial charge in [0.1, 0.15) is 6.61 Å². The lowest BCUT2D eigenvalue weighted by molar-refractivity contribution is -0.254. The number of hydrogen-bond acceptors (Lipinski definition) is 6. The van der Waals surface area contributed by atoms with Crippen LogP contribution >= 0.6 is 0 Å². The maximum absolute atomic E-state index is 7.93. The minimum absolute atomic E-state index is 0.0621. The van der Waals surface area contributed by atoms with Crippen LogP contribution in [0.5, 0.6) is 0 Å². The van der Waals surface area contributed by atoms with E-state index in [2.05, 4.69) is 31.3 Å². The molecular formula is C4H5N3O3. The molecule has 0 aliphatic rings. The fraction of sp³-hybridized carbons (Fsp3) is 0.250. The molecule has 0 aliphatic heterocycles. The first kappa shape index (κ1) is 6.84. The van der Waals surface area contributed by atoms with Crippen LogP contribution in [0.2, 0.25) is 0 Å². The summed E-state index contributed by atoms with van der Waals surface area (Å²) in [5.41, 5.74) is 0. The SMILES string of the molecule is C=Nc1nc(COO)no1. The second kappa shape index (κ2) is 3.04. The third kappa shape index (κ3) is 1.36. The van der Waals surface area contributed by atoms with Crippen LogP contribution in [0.1, 0.15) is 5.82 Å². The Labute approximate surface area is 56.1 Å². The van der Waals surface area contributed by atoms with Crippen LogP contribution in [0.25, 0.3) is 0 Å². The molecule has 0 fully saturated rings. The Bertz CT molecular complexity index is 221. The average Bonchev–Trinajstić information content (AvgIpc) is 2.37. The second-order valence-corrected chi connectivity index (χ2v) is 1.42. The average molecular weight is 143 g/mol. The summed E-state index contributed by atoms with van der Waals surface area (Å²) >= 11 is 0. The van der Waals surface area contributed by atoms with E-state index in [0.29, 0.717) is 0 Å². The zero-order valence-corrected chi connectivity index (χ0v) is 5.02. The van der Waals surface area contributed by atoms with Gasteiger partial charge in [-0.15, -0.1) is 0 Å². The number of aromatic nitrogens is 2. The van der Waals surface area contributed by atoms with Gasteiger partial charge in [-0.2, -0.15) is 4.98 Å². The summed E-state index contributed by atoms with van der Waals surface area (Å²) in [6.45, 7) is 3.04. The van der Waals surface area contributed by atoms with Crippen LogP contribution < -0.4 is 0 Å². The van der Waals surface area contributed by atoms with Crippen LogP contribution in [-0.4, -0.2) is 22.1 Å². The molecule has 0 bridgehead atoms. The Hall–Kier alpha value is -1.27. The van der Waals surface area contributed by atoms with E-state index < -0.39 is 0 Å². The lowest BCUT2D eigenvalue weighted by atomic mass is 10.7. The van der Waals surface area contributed by atoms with Gasteiger partial charge in [-0.3, -0.25) is 5.26 Å². The van der Waals surface area contributed by atoms with Crippen LogP contribution in [0.15, 0.2) is 9.52 Å². The summed E-state index contributed by atoms with van der Waals surface area (Å²) in [4.78, 5) is 10.7. The highest BCUT2D eigenvalue weighted by Gasteiger charge is 2.02. The summed E-state index contributed by atoms with van der Waals surface area (Å²) in [7, 11) is 0. The Morgan fingerprint density at radius 2 is 2.60 bits per heavy atom. The first-order valence-corrected chi connectivity index (χ1v) is 2.42. The molecule has 0 aliphatic carbocycles. The molecule has 1 heterocycles. The van der Waals surface area contributed by atoms with Crippen molar-refractivity contribution < 1.29 is 14.7 Å². The predicted octanol–water partition coefficient (Wildman–Crippen LogP) is 0.391. The van der Waals surface area contributed by atoms with Crippen molar-refractivity contribution in [3.63, 3.8) is 0 Å². The normalized spacial score (nSPS) is 9.70. The molecule has 10 heavy (non-hydrogen) atoms. The molecular weight excluding hydrogens is 138 g/mol. The van der Waals surface area contributed by atoms with Crippen molar-refractivity contribution in [3.05, 3.63) is 5.82 Å². The van der Waals surface area contributed by atoms with Crippen LogP contribution in [0.4, 0.5) is 6.01 Å². The van der Waals surface area contributed by atoms with E-state index in [1.807, 2.05) is 0 Å². The van der Waals surface area contributed by atoms with Gasteiger partial charge in [-0.25, -0.2) is 9.88 Å². The molecule has 0 aromatic carbocycles. The zero-order valence-electron chi connectivity index (χ0n) is 5.02. The molecule has 1 N–H and O–H groups in total. The Kier molecular flexibility index (Phi) is 2.08. The topological polar surface area (TPSA) is 80.7 Å². The molecule has 0 atom stereocenters. The molecule has 0 saturated heterocycles. The first-order chi connectivity index (χ1) is 4.86. The van der Waals surface area contributed by atoms with E-state index in [4.69, 9.17) is 5.26 Å². The predicted molar refractivity (Wildman–Crippen MR) is 30.9 cm³/mol.